The summed E-state index contributed by atoms with van der Waals surface area (Å²) in [5.41, 5.74) is 4.35. The molecule has 1 N–H and O–H groups in total. The molecule has 1 saturated heterocycles. The molecule has 3 aromatic rings. The first-order valence-corrected chi connectivity index (χ1v) is 9.94. The Morgan fingerprint density at radius 1 is 0.862 bits per heavy atom. The topological polar surface area (TPSA) is 53.5 Å². The minimum Gasteiger partial charge on any atom is -0.495 e. The Balaban J connectivity index is 1.47. The summed E-state index contributed by atoms with van der Waals surface area (Å²) in [4.78, 5) is 14.1. The van der Waals surface area contributed by atoms with E-state index in [9.17, 15) is 0 Å². The van der Waals surface area contributed by atoms with Crippen molar-refractivity contribution in [3.63, 3.8) is 0 Å². The predicted molar refractivity (Wildman–Crippen MR) is 119 cm³/mol. The fourth-order valence-electron chi connectivity index (χ4n) is 3.67. The number of rotatable bonds is 5. The summed E-state index contributed by atoms with van der Waals surface area (Å²) in [6, 6.07) is 18.5. The quantitative estimate of drug-likeness (QED) is 0.707. The van der Waals surface area contributed by atoms with Crippen LogP contribution in [-0.2, 0) is 0 Å². The van der Waals surface area contributed by atoms with Gasteiger partial charge in [-0.1, -0.05) is 24.3 Å². The number of ether oxygens (including phenoxy) is 1. The van der Waals surface area contributed by atoms with Gasteiger partial charge in [0.2, 0.25) is 5.95 Å². The highest BCUT2D eigenvalue weighted by molar-refractivity contribution is 5.60. The number of benzene rings is 2. The van der Waals surface area contributed by atoms with Crippen molar-refractivity contribution in [3.8, 4) is 5.75 Å². The smallest absolute Gasteiger partial charge is 0.227 e. The van der Waals surface area contributed by atoms with Gasteiger partial charge in [-0.2, -0.15) is 4.98 Å². The van der Waals surface area contributed by atoms with E-state index in [4.69, 9.17) is 9.72 Å². The Morgan fingerprint density at radius 2 is 1.62 bits per heavy atom. The van der Waals surface area contributed by atoms with E-state index in [-0.39, 0.29) is 0 Å². The molecule has 1 fully saturated rings. The van der Waals surface area contributed by atoms with Gasteiger partial charge in [0, 0.05) is 43.6 Å². The fraction of sp³-hybridized carbons (Fsp3) is 0.304. The molecule has 0 radical (unpaired) electrons. The number of hydrogen-bond donors (Lipinski definition) is 1. The lowest BCUT2D eigenvalue weighted by atomic mass is 10.2. The number of nitrogens with one attached hydrogen (secondary N) is 1. The van der Waals surface area contributed by atoms with Gasteiger partial charge in [0.15, 0.2) is 0 Å². The monoisotopic (exact) mass is 389 g/mol. The van der Waals surface area contributed by atoms with Crippen molar-refractivity contribution in [1.29, 1.82) is 0 Å². The van der Waals surface area contributed by atoms with Crippen LogP contribution in [-0.4, -0.2) is 43.3 Å². The average Bonchev–Trinajstić information content (AvgIpc) is 2.73. The van der Waals surface area contributed by atoms with Crippen LogP contribution in [0.1, 0.15) is 11.3 Å². The number of piperazine rings is 1. The summed E-state index contributed by atoms with van der Waals surface area (Å²) in [7, 11) is 1.72. The molecule has 6 nitrogen and oxygen atoms in total. The maximum atomic E-state index is 5.52. The van der Waals surface area contributed by atoms with Gasteiger partial charge in [-0.15, -0.1) is 0 Å². The van der Waals surface area contributed by atoms with Crippen molar-refractivity contribution in [1.82, 2.24) is 9.97 Å². The zero-order valence-corrected chi connectivity index (χ0v) is 17.2. The van der Waals surface area contributed by atoms with Gasteiger partial charge < -0.3 is 19.9 Å². The molecule has 0 atom stereocenters. The molecule has 0 spiro atoms. The van der Waals surface area contributed by atoms with Gasteiger partial charge in [0.25, 0.3) is 0 Å². The number of aryl methyl sites for hydroxylation is 2. The van der Waals surface area contributed by atoms with Crippen molar-refractivity contribution in [3.05, 3.63) is 65.9 Å². The van der Waals surface area contributed by atoms with Crippen LogP contribution < -0.4 is 19.9 Å². The summed E-state index contributed by atoms with van der Waals surface area (Å²) in [6.45, 7) is 7.63. The van der Waals surface area contributed by atoms with Gasteiger partial charge >= 0.3 is 0 Å². The van der Waals surface area contributed by atoms with Gasteiger partial charge in [-0.05, 0) is 43.7 Å². The van der Waals surface area contributed by atoms with E-state index >= 15 is 0 Å². The number of para-hydroxylation sites is 2. The van der Waals surface area contributed by atoms with Crippen molar-refractivity contribution < 1.29 is 4.74 Å². The van der Waals surface area contributed by atoms with Crippen LogP contribution in [0.2, 0.25) is 0 Å². The van der Waals surface area contributed by atoms with Crippen LogP contribution in [0.3, 0.4) is 0 Å². The largest absolute Gasteiger partial charge is 0.495 e. The van der Waals surface area contributed by atoms with Crippen molar-refractivity contribution >= 4 is 23.1 Å². The highest BCUT2D eigenvalue weighted by Crippen LogP contribution is 2.29. The highest BCUT2D eigenvalue weighted by atomic mass is 16.5. The maximum absolute atomic E-state index is 5.52. The van der Waals surface area contributed by atoms with E-state index in [0.717, 1.165) is 60.8 Å². The molecule has 0 saturated carbocycles. The van der Waals surface area contributed by atoms with Crippen LogP contribution >= 0.6 is 0 Å². The molecule has 2 heterocycles. The zero-order valence-electron chi connectivity index (χ0n) is 17.2. The Labute approximate surface area is 172 Å². The SMILES string of the molecule is COc1ccccc1N1CCN(c2nc(C)cc(Nc3cccc(C)c3)n2)CC1. The Morgan fingerprint density at radius 3 is 2.38 bits per heavy atom. The third kappa shape index (κ3) is 4.42. The second-order valence-electron chi connectivity index (χ2n) is 7.33. The van der Waals surface area contributed by atoms with Crippen molar-refractivity contribution in [2.75, 3.05) is 48.4 Å². The standard InChI is InChI=1S/C23H27N5O/c1-17-7-6-8-19(15-17)25-22-16-18(2)24-23(26-22)28-13-11-27(12-14-28)20-9-4-5-10-21(20)29-3/h4-10,15-16H,11-14H2,1-3H3,(H,24,25,26). The molecule has 2 aromatic carbocycles. The lowest BCUT2D eigenvalue weighted by Gasteiger charge is -2.36. The number of nitrogens with zero attached hydrogens (tertiary/aromatic N) is 4. The molecular weight excluding hydrogens is 362 g/mol. The first-order chi connectivity index (χ1) is 14.1. The first kappa shape index (κ1) is 19.1. The molecule has 1 aromatic heterocycles. The molecular formula is C23H27N5O. The second kappa shape index (κ2) is 8.39. The molecule has 0 bridgehead atoms. The minimum absolute atomic E-state index is 0.778. The molecule has 0 unspecified atom stereocenters. The third-order valence-corrected chi connectivity index (χ3v) is 5.12. The van der Waals surface area contributed by atoms with Crippen LogP contribution in [0.15, 0.2) is 54.6 Å². The van der Waals surface area contributed by atoms with E-state index in [2.05, 4.69) is 57.4 Å². The zero-order chi connectivity index (χ0) is 20.2. The number of anilines is 4. The minimum atomic E-state index is 0.778. The number of aromatic nitrogens is 2. The summed E-state index contributed by atoms with van der Waals surface area (Å²) in [5, 5.41) is 3.41. The molecule has 0 aliphatic carbocycles. The van der Waals surface area contributed by atoms with Crippen LogP contribution in [0, 0.1) is 13.8 Å². The number of hydrogen-bond acceptors (Lipinski definition) is 6. The molecule has 150 valence electrons. The lowest BCUT2D eigenvalue weighted by molar-refractivity contribution is 0.413. The van der Waals surface area contributed by atoms with Gasteiger partial charge in [0.05, 0.1) is 12.8 Å². The van der Waals surface area contributed by atoms with Crippen molar-refractivity contribution in [2.45, 2.75) is 13.8 Å². The van der Waals surface area contributed by atoms with Crippen molar-refractivity contribution in [2.24, 2.45) is 0 Å². The Hall–Kier alpha value is -3.28. The molecule has 4 rings (SSSR count). The normalized spacial score (nSPS) is 14.0. The second-order valence-corrected chi connectivity index (χ2v) is 7.33. The maximum Gasteiger partial charge on any atom is 0.227 e. The average molecular weight is 390 g/mol. The number of methoxy groups -OCH3 is 1. The van der Waals surface area contributed by atoms with Crippen LogP contribution in [0.4, 0.5) is 23.1 Å². The summed E-state index contributed by atoms with van der Waals surface area (Å²) in [6.07, 6.45) is 0. The van der Waals surface area contributed by atoms with E-state index in [1.54, 1.807) is 7.11 Å². The van der Waals surface area contributed by atoms with Crippen LogP contribution in [0.25, 0.3) is 0 Å². The molecule has 1 aliphatic rings. The summed E-state index contributed by atoms with van der Waals surface area (Å²) < 4.78 is 5.52. The fourth-order valence-corrected chi connectivity index (χ4v) is 3.67. The van der Waals surface area contributed by atoms with E-state index in [0.29, 0.717) is 0 Å². The summed E-state index contributed by atoms with van der Waals surface area (Å²) in [5.74, 6) is 2.52. The predicted octanol–water partition coefficient (Wildman–Crippen LogP) is 4.17. The van der Waals surface area contributed by atoms with E-state index < -0.39 is 0 Å². The molecule has 0 amide bonds. The van der Waals surface area contributed by atoms with Gasteiger partial charge in [0.1, 0.15) is 11.6 Å². The third-order valence-electron chi connectivity index (χ3n) is 5.12. The first-order valence-electron chi connectivity index (χ1n) is 9.94. The lowest BCUT2D eigenvalue weighted by Crippen LogP contribution is -2.47. The summed E-state index contributed by atoms with van der Waals surface area (Å²) >= 11 is 0. The van der Waals surface area contributed by atoms with E-state index in [1.165, 1.54) is 5.56 Å². The van der Waals surface area contributed by atoms with E-state index in [1.807, 2.05) is 31.2 Å². The Kier molecular flexibility index (Phi) is 5.51. The van der Waals surface area contributed by atoms with Crippen LogP contribution in [0.5, 0.6) is 5.75 Å². The van der Waals surface area contributed by atoms with Gasteiger partial charge in [-0.25, -0.2) is 4.98 Å². The van der Waals surface area contributed by atoms with Gasteiger partial charge in [-0.3, -0.25) is 0 Å². The molecule has 29 heavy (non-hydrogen) atoms. The highest BCUT2D eigenvalue weighted by Gasteiger charge is 2.21. The molecule has 1 aliphatic heterocycles. The Bertz CT molecular complexity index is 983. The molecule has 6 heteroatoms.